The lowest BCUT2D eigenvalue weighted by Crippen LogP contribution is -2.22. The number of amides is 1. The van der Waals surface area contributed by atoms with Crippen molar-refractivity contribution >= 4 is 40.1 Å². The Bertz CT molecular complexity index is 1090. The molecule has 0 aliphatic carbocycles. The molecule has 0 aliphatic rings. The number of ether oxygens (including phenoxy) is 2. The summed E-state index contributed by atoms with van der Waals surface area (Å²) in [6.07, 6.45) is 0. The Morgan fingerprint density at radius 2 is 1.86 bits per heavy atom. The van der Waals surface area contributed by atoms with Gasteiger partial charge in [0.25, 0.3) is 5.91 Å². The van der Waals surface area contributed by atoms with Crippen molar-refractivity contribution in [2.45, 2.75) is 20.8 Å². The second kappa shape index (κ2) is 8.49. The molecule has 1 aromatic heterocycles. The number of hydrogen-bond acceptors (Lipinski definition) is 5. The number of pyridine rings is 1. The molecule has 7 heteroatoms. The first kappa shape index (κ1) is 20.6. The number of carbonyl (C=O) groups is 2. The third-order valence-corrected chi connectivity index (χ3v) is 4.76. The summed E-state index contributed by atoms with van der Waals surface area (Å²) in [6.45, 7) is 5.05. The maximum atomic E-state index is 12.5. The summed E-state index contributed by atoms with van der Waals surface area (Å²) in [4.78, 5) is 29.2. The van der Waals surface area contributed by atoms with E-state index in [4.69, 9.17) is 21.1 Å². The van der Waals surface area contributed by atoms with Gasteiger partial charge in [0.1, 0.15) is 5.75 Å². The summed E-state index contributed by atoms with van der Waals surface area (Å²) in [6, 6.07) is 10.8. The van der Waals surface area contributed by atoms with Crippen molar-refractivity contribution < 1.29 is 19.1 Å². The minimum Gasteiger partial charge on any atom is -0.497 e. The number of esters is 1. The van der Waals surface area contributed by atoms with E-state index in [1.54, 1.807) is 38.3 Å². The molecule has 0 spiro atoms. The Balaban J connectivity index is 1.72. The molecule has 0 aliphatic heterocycles. The van der Waals surface area contributed by atoms with Crippen molar-refractivity contribution in [3.8, 4) is 5.75 Å². The molecule has 0 unspecified atom stereocenters. The van der Waals surface area contributed by atoms with Crippen LogP contribution in [-0.4, -0.2) is 30.6 Å². The van der Waals surface area contributed by atoms with Crippen LogP contribution in [0.1, 0.15) is 27.2 Å². The van der Waals surface area contributed by atoms with Crippen LogP contribution in [0.15, 0.2) is 36.4 Å². The minimum atomic E-state index is -0.624. The van der Waals surface area contributed by atoms with Crippen LogP contribution in [0, 0.1) is 20.8 Å². The smallest absolute Gasteiger partial charge is 0.340 e. The van der Waals surface area contributed by atoms with Crippen LogP contribution in [0.25, 0.3) is 10.9 Å². The Labute approximate surface area is 173 Å². The predicted octanol–water partition coefficient (Wildman–Crippen LogP) is 4.62. The number of anilines is 1. The normalized spacial score (nSPS) is 10.7. The molecule has 1 heterocycles. The van der Waals surface area contributed by atoms with E-state index in [0.29, 0.717) is 27.7 Å². The van der Waals surface area contributed by atoms with Crippen molar-refractivity contribution in [2.24, 2.45) is 0 Å². The molecule has 0 saturated heterocycles. The first-order valence-corrected chi connectivity index (χ1v) is 9.35. The number of fused-ring (bicyclic) bond motifs is 1. The van der Waals surface area contributed by atoms with Crippen molar-refractivity contribution in [3.05, 3.63) is 63.8 Å². The number of hydrogen-bond donors (Lipinski definition) is 1. The van der Waals surface area contributed by atoms with Gasteiger partial charge in [0.05, 0.1) is 34.6 Å². The summed E-state index contributed by atoms with van der Waals surface area (Å²) in [5.41, 5.74) is 3.88. The van der Waals surface area contributed by atoms with Gasteiger partial charge in [0.2, 0.25) is 0 Å². The van der Waals surface area contributed by atoms with Crippen molar-refractivity contribution in [3.63, 3.8) is 0 Å². The highest BCUT2D eigenvalue weighted by Crippen LogP contribution is 2.27. The minimum absolute atomic E-state index is 0.295. The summed E-state index contributed by atoms with van der Waals surface area (Å²) < 4.78 is 10.4. The molecular weight excluding hydrogens is 392 g/mol. The molecule has 1 N–H and O–H groups in total. The Hall–Kier alpha value is -3.12. The Morgan fingerprint density at radius 1 is 1.10 bits per heavy atom. The number of rotatable bonds is 5. The fraction of sp³-hybridized carbons (Fsp3) is 0.227. The molecule has 0 radical (unpaired) electrons. The van der Waals surface area contributed by atoms with E-state index in [0.717, 1.165) is 22.0 Å². The zero-order valence-corrected chi connectivity index (χ0v) is 17.4. The molecule has 1 amide bonds. The van der Waals surface area contributed by atoms with Gasteiger partial charge in [-0.2, -0.15) is 0 Å². The Kier molecular flexibility index (Phi) is 6.03. The van der Waals surface area contributed by atoms with E-state index in [-0.39, 0.29) is 0 Å². The van der Waals surface area contributed by atoms with Gasteiger partial charge < -0.3 is 14.8 Å². The van der Waals surface area contributed by atoms with Crippen LogP contribution in [-0.2, 0) is 9.53 Å². The van der Waals surface area contributed by atoms with E-state index in [1.807, 2.05) is 26.0 Å². The number of carbonyl (C=O) groups excluding carboxylic acids is 2. The lowest BCUT2D eigenvalue weighted by Gasteiger charge is -2.12. The molecule has 2 aromatic carbocycles. The zero-order chi connectivity index (χ0) is 21.1. The van der Waals surface area contributed by atoms with Crippen LogP contribution in [0.4, 0.5) is 5.69 Å². The average molecular weight is 413 g/mol. The third kappa shape index (κ3) is 4.66. The van der Waals surface area contributed by atoms with E-state index in [2.05, 4.69) is 10.3 Å². The Morgan fingerprint density at radius 3 is 2.55 bits per heavy atom. The molecular formula is C22H21ClN2O4. The molecule has 0 fully saturated rings. The molecule has 0 saturated carbocycles. The highest BCUT2D eigenvalue weighted by atomic mass is 35.5. The zero-order valence-electron chi connectivity index (χ0n) is 16.6. The van der Waals surface area contributed by atoms with Crippen LogP contribution >= 0.6 is 11.6 Å². The third-order valence-electron chi connectivity index (χ3n) is 4.46. The summed E-state index contributed by atoms with van der Waals surface area (Å²) >= 11 is 6.20. The maximum absolute atomic E-state index is 12.5. The predicted molar refractivity (Wildman–Crippen MR) is 113 cm³/mol. The number of benzene rings is 2. The lowest BCUT2D eigenvalue weighted by atomic mass is 10.1. The van der Waals surface area contributed by atoms with E-state index in [1.165, 1.54) is 0 Å². The number of nitrogens with one attached hydrogen (secondary N) is 1. The van der Waals surface area contributed by atoms with Gasteiger partial charge in [-0.15, -0.1) is 0 Å². The summed E-state index contributed by atoms with van der Waals surface area (Å²) in [5, 5.41) is 3.87. The largest absolute Gasteiger partial charge is 0.497 e. The van der Waals surface area contributed by atoms with Gasteiger partial charge in [0.15, 0.2) is 6.61 Å². The molecule has 150 valence electrons. The number of aromatic nitrogens is 1. The SMILES string of the molecule is COc1ccc2nc(C)c(C(=O)OCC(=O)Nc3c(C)cc(C)cc3Cl)cc2c1. The van der Waals surface area contributed by atoms with E-state index in [9.17, 15) is 9.59 Å². The molecule has 0 bridgehead atoms. The van der Waals surface area contributed by atoms with Gasteiger partial charge in [0, 0.05) is 5.39 Å². The van der Waals surface area contributed by atoms with E-state index < -0.39 is 18.5 Å². The fourth-order valence-electron chi connectivity index (χ4n) is 3.04. The quantitative estimate of drug-likeness (QED) is 0.619. The second-order valence-electron chi connectivity index (χ2n) is 6.74. The number of methoxy groups -OCH3 is 1. The first-order valence-electron chi connectivity index (χ1n) is 8.97. The molecule has 6 nitrogen and oxygen atoms in total. The summed E-state index contributed by atoms with van der Waals surface area (Å²) in [5.74, 6) is -0.436. The number of nitrogens with zero attached hydrogens (tertiary/aromatic N) is 1. The average Bonchev–Trinajstić information content (AvgIpc) is 2.68. The summed E-state index contributed by atoms with van der Waals surface area (Å²) in [7, 11) is 1.57. The van der Waals surface area contributed by atoms with Gasteiger partial charge >= 0.3 is 5.97 Å². The van der Waals surface area contributed by atoms with Crippen molar-refractivity contribution in [1.82, 2.24) is 4.98 Å². The molecule has 0 atom stereocenters. The van der Waals surface area contributed by atoms with Crippen LogP contribution in [0.5, 0.6) is 5.75 Å². The molecule has 3 aromatic rings. The van der Waals surface area contributed by atoms with Crippen LogP contribution < -0.4 is 10.1 Å². The first-order chi connectivity index (χ1) is 13.8. The fourth-order valence-corrected chi connectivity index (χ4v) is 3.41. The van der Waals surface area contributed by atoms with Crippen LogP contribution in [0.2, 0.25) is 5.02 Å². The maximum Gasteiger partial charge on any atom is 0.340 e. The van der Waals surface area contributed by atoms with Gasteiger partial charge in [-0.05, 0) is 62.2 Å². The topological polar surface area (TPSA) is 77.5 Å². The highest BCUT2D eigenvalue weighted by molar-refractivity contribution is 6.34. The molecule has 29 heavy (non-hydrogen) atoms. The molecule has 3 rings (SSSR count). The highest BCUT2D eigenvalue weighted by Gasteiger charge is 2.16. The van der Waals surface area contributed by atoms with Gasteiger partial charge in [-0.3, -0.25) is 9.78 Å². The van der Waals surface area contributed by atoms with Crippen molar-refractivity contribution in [2.75, 3.05) is 19.0 Å². The van der Waals surface area contributed by atoms with E-state index >= 15 is 0 Å². The van der Waals surface area contributed by atoms with Crippen molar-refractivity contribution in [1.29, 1.82) is 0 Å². The monoisotopic (exact) mass is 412 g/mol. The second-order valence-corrected chi connectivity index (χ2v) is 7.15. The van der Waals surface area contributed by atoms with Gasteiger partial charge in [-0.25, -0.2) is 4.79 Å². The standard InChI is InChI=1S/C22H21ClN2O4/c1-12-7-13(2)21(18(23)8-12)25-20(26)11-29-22(27)17-10-15-9-16(28-4)5-6-19(15)24-14(17)3/h5-10H,11H2,1-4H3,(H,25,26). The van der Waals surface area contributed by atoms with Crippen LogP contribution in [0.3, 0.4) is 0 Å². The lowest BCUT2D eigenvalue weighted by molar-refractivity contribution is -0.119. The number of halogens is 1. The number of aryl methyl sites for hydroxylation is 3. The van der Waals surface area contributed by atoms with Gasteiger partial charge in [-0.1, -0.05) is 17.7 Å².